The Bertz CT molecular complexity index is 510. The number of aromatic nitrogens is 2. The van der Waals surface area contributed by atoms with Gasteiger partial charge in [0.2, 0.25) is 0 Å². The van der Waals surface area contributed by atoms with Crippen LogP contribution in [0.15, 0.2) is 30.6 Å². The lowest BCUT2D eigenvalue weighted by atomic mass is 10.2. The van der Waals surface area contributed by atoms with Crippen LogP contribution < -0.4 is 11.1 Å². The molecular weight excluding hydrogens is 219 g/mol. The van der Waals surface area contributed by atoms with Gasteiger partial charge in [0.1, 0.15) is 6.33 Å². The Balaban J connectivity index is 2.27. The van der Waals surface area contributed by atoms with Crippen LogP contribution >= 0.6 is 0 Å². The Morgan fingerprint density at radius 3 is 2.59 bits per heavy atom. The highest BCUT2D eigenvalue weighted by molar-refractivity contribution is 5.59. The fraction of sp³-hybridized carbons (Fsp3) is 0.167. The molecule has 3 N–H and O–H groups in total. The molecule has 1 aromatic heterocycles. The van der Waals surface area contributed by atoms with Gasteiger partial charge in [0.15, 0.2) is 11.6 Å². The van der Waals surface area contributed by atoms with Crippen LogP contribution in [-0.2, 0) is 6.42 Å². The van der Waals surface area contributed by atoms with Gasteiger partial charge in [-0.2, -0.15) is 0 Å². The van der Waals surface area contributed by atoms with Crippen LogP contribution in [0.3, 0.4) is 0 Å². The van der Waals surface area contributed by atoms with Crippen LogP contribution in [0, 0.1) is 5.82 Å². The average molecular weight is 232 g/mol. The fourth-order valence-corrected chi connectivity index (χ4v) is 1.44. The Hall–Kier alpha value is -2.17. The van der Waals surface area contributed by atoms with Gasteiger partial charge in [0.25, 0.3) is 0 Å². The summed E-state index contributed by atoms with van der Waals surface area (Å²) in [7, 11) is 0. The molecule has 88 valence electrons. The van der Waals surface area contributed by atoms with Crippen molar-refractivity contribution in [2.75, 3.05) is 11.1 Å². The van der Waals surface area contributed by atoms with Gasteiger partial charge < -0.3 is 11.1 Å². The lowest BCUT2D eigenvalue weighted by molar-refractivity contribution is 0.599. The van der Waals surface area contributed by atoms with E-state index in [0.29, 0.717) is 17.8 Å². The van der Waals surface area contributed by atoms with Crippen LogP contribution in [0.5, 0.6) is 0 Å². The molecule has 0 bridgehead atoms. The standard InChI is InChI=1S/C12H13FN4/c1-2-10-11(13)12(16-7-15-10)17-9-5-3-8(14)4-6-9/h3-7H,2,14H2,1H3,(H,15,16,17). The van der Waals surface area contributed by atoms with E-state index >= 15 is 0 Å². The molecular formula is C12H13FN4. The molecule has 0 aliphatic carbocycles. The van der Waals surface area contributed by atoms with Gasteiger partial charge in [0.05, 0.1) is 5.69 Å². The molecule has 0 saturated heterocycles. The summed E-state index contributed by atoms with van der Waals surface area (Å²) < 4.78 is 13.8. The van der Waals surface area contributed by atoms with Crippen LogP contribution in [0.1, 0.15) is 12.6 Å². The molecule has 0 aliphatic heterocycles. The number of rotatable bonds is 3. The van der Waals surface area contributed by atoms with Crippen LogP contribution in [-0.4, -0.2) is 9.97 Å². The molecule has 4 nitrogen and oxygen atoms in total. The van der Waals surface area contributed by atoms with Crippen molar-refractivity contribution in [2.45, 2.75) is 13.3 Å². The quantitative estimate of drug-likeness (QED) is 0.798. The van der Waals surface area contributed by atoms with Crippen LogP contribution in [0.4, 0.5) is 21.6 Å². The maximum Gasteiger partial charge on any atom is 0.187 e. The molecule has 0 aliphatic rings. The first-order valence-electron chi connectivity index (χ1n) is 5.32. The van der Waals surface area contributed by atoms with E-state index in [2.05, 4.69) is 15.3 Å². The topological polar surface area (TPSA) is 63.8 Å². The molecule has 1 aromatic carbocycles. The molecule has 0 fully saturated rings. The van der Waals surface area contributed by atoms with E-state index in [4.69, 9.17) is 5.73 Å². The summed E-state index contributed by atoms with van der Waals surface area (Å²) in [6.45, 7) is 1.85. The van der Waals surface area contributed by atoms with E-state index in [1.54, 1.807) is 24.3 Å². The molecule has 2 rings (SSSR count). The summed E-state index contributed by atoms with van der Waals surface area (Å²) in [6, 6.07) is 7.01. The zero-order chi connectivity index (χ0) is 12.3. The lowest BCUT2D eigenvalue weighted by Gasteiger charge is -2.08. The van der Waals surface area contributed by atoms with Crippen molar-refractivity contribution in [3.63, 3.8) is 0 Å². The summed E-state index contributed by atoms with van der Waals surface area (Å²) in [6.07, 6.45) is 1.88. The number of benzene rings is 1. The summed E-state index contributed by atoms with van der Waals surface area (Å²) in [5, 5.41) is 2.89. The highest BCUT2D eigenvalue weighted by Crippen LogP contribution is 2.19. The van der Waals surface area contributed by atoms with E-state index in [1.165, 1.54) is 6.33 Å². The second kappa shape index (κ2) is 4.78. The van der Waals surface area contributed by atoms with E-state index in [-0.39, 0.29) is 5.82 Å². The predicted octanol–water partition coefficient (Wildman–Crippen LogP) is 2.50. The summed E-state index contributed by atoms with van der Waals surface area (Å²) in [5.41, 5.74) is 7.36. The molecule has 1 heterocycles. The van der Waals surface area contributed by atoms with Gasteiger partial charge in [-0.1, -0.05) is 6.92 Å². The SMILES string of the molecule is CCc1ncnc(Nc2ccc(N)cc2)c1F. The minimum Gasteiger partial charge on any atom is -0.399 e. The monoisotopic (exact) mass is 232 g/mol. The lowest BCUT2D eigenvalue weighted by Crippen LogP contribution is -2.02. The van der Waals surface area contributed by atoms with E-state index in [0.717, 1.165) is 5.69 Å². The summed E-state index contributed by atoms with van der Waals surface area (Å²) in [5.74, 6) is -0.228. The molecule has 0 atom stereocenters. The predicted molar refractivity (Wildman–Crippen MR) is 65.5 cm³/mol. The zero-order valence-electron chi connectivity index (χ0n) is 9.44. The number of hydrogen-bond acceptors (Lipinski definition) is 4. The number of nitrogens with two attached hydrogens (primary N) is 1. The van der Waals surface area contributed by atoms with Gasteiger partial charge in [-0.25, -0.2) is 14.4 Å². The third kappa shape index (κ3) is 2.50. The Morgan fingerprint density at radius 1 is 1.24 bits per heavy atom. The van der Waals surface area contributed by atoms with Crippen molar-refractivity contribution >= 4 is 17.2 Å². The number of aryl methyl sites for hydroxylation is 1. The molecule has 2 aromatic rings. The molecule has 0 saturated carbocycles. The van der Waals surface area contributed by atoms with Crippen molar-refractivity contribution in [1.29, 1.82) is 0 Å². The largest absolute Gasteiger partial charge is 0.399 e. The van der Waals surface area contributed by atoms with Gasteiger partial charge in [0, 0.05) is 11.4 Å². The van der Waals surface area contributed by atoms with Gasteiger partial charge in [-0.3, -0.25) is 0 Å². The number of halogens is 1. The molecule has 0 radical (unpaired) electrons. The second-order valence-electron chi connectivity index (χ2n) is 3.58. The Kier molecular flexibility index (Phi) is 3.18. The van der Waals surface area contributed by atoms with E-state index in [1.807, 2.05) is 6.92 Å². The zero-order valence-corrected chi connectivity index (χ0v) is 9.44. The fourth-order valence-electron chi connectivity index (χ4n) is 1.44. The maximum absolute atomic E-state index is 13.8. The van der Waals surface area contributed by atoms with Crippen molar-refractivity contribution < 1.29 is 4.39 Å². The third-order valence-corrected chi connectivity index (χ3v) is 2.37. The minimum absolute atomic E-state index is 0.182. The molecule has 0 amide bonds. The molecule has 0 unspecified atom stereocenters. The number of nitrogen functional groups attached to an aromatic ring is 1. The highest BCUT2D eigenvalue weighted by atomic mass is 19.1. The van der Waals surface area contributed by atoms with E-state index in [9.17, 15) is 4.39 Å². The van der Waals surface area contributed by atoms with Gasteiger partial charge in [-0.05, 0) is 30.7 Å². The van der Waals surface area contributed by atoms with E-state index < -0.39 is 5.82 Å². The van der Waals surface area contributed by atoms with Crippen LogP contribution in [0.2, 0.25) is 0 Å². The maximum atomic E-state index is 13.8. The number of nitrogens with one attached hydrogen (secondary N) is 1. The van der Waals surface area contributed by atoms with Gasteiger partial charge in [-0.15, -0.1) is 0 Å². The first-order chi connectivity index (χ1) is 8.20. The summed E-state index contributed by atoms with van der Waals surface area (Å²) >= 11 is 0. The van der Waals surface area contributed by atoms with Crippen molar-refractivity contribution in [1.82, 2.24) is 9.97 Å². The molecule has 17 heavy (non-hydrogen) atoms. The first kappa shape index (κ1) is 11.3. The Labute approximate surface area is 98.7 Å². The number of anilines is 3. The highest BCUT2D eigenvalue weighted by Gasteiger charge is 2.09. The molecule has 0 spiro atoms. The number of hydrogen-bond donors (Lipinski definition) is 2. The van der Waals surface area contributed by atoms with Crippen molar-refractivity contribution in [3.05, 3.63) is 42.1 Å². The first-order valence-corrected chi connectivity index (χ1v) is 5.32. The average Bonchev–Trinajstić information content (AvgIpc) is 2.35. The van der Waals surface area contributed by atoms with Crippen molar-refractivity contribution in [2.24, 2.45) is 0 Å². The van der Waals surface area contributed by atoms with Crippen molar-refractivity contribution in [3.8, 4) is 0 Å². The second-order valence-corrected chi connectivity index (χ2v) is 3.58. The molecule has 5 heteroatoms. The van der Waals surface area contributed by atoms with Crippen LogP contribution in [0.25, 0.3) is 0 Å². The van der Waals surface area contributed by atoms with Gasteiger partial charge >= 0.3 is 0 Å². The minimum atomic E-state index is -0.410. The summed E-state index contributed by atoms with van der Waals surface area (Å²) in [4.78, 5) is 7.74. The Morgan fingerprint density at radius 2 is 1.94 bits per heavy atom. The smallest absolute Gasteiger partial charge is 0.187 e. The normalized spacial score (nSPS) is 10.2. The third-order valence-electron chi connectivity index (χ3n) is 2.37. The number of nitrogens with zero attached hydrogens (tertiary/aromatic N) is 2.